The Morgan fingerprint density at radius 1 is 1.00 bits per heavy atom. The van der Waals surface area contributed by atoms with E-state index in [9.17, 15) is 34.9 Å². The third-order valence-electron chi connectivity index (χ3n) is 6.39. The Bertz CT molecular complexity index is 1260. The van der Waals surface area contributed by atoms with Crippen molar-refractivity contribution in [3.05, 3.63) is 80.4 Å². The van der Waals surface area contributed by atoms with E-state index in [1.54, 1.807) is 24.3 Å². The number of hydrazine groups is 1. The van der Waals surface area contributed by atoms with Gasteiger partial charge in [-0.05, 0) is 23.8 Å². The van der Waals surface area contributed by atoms with Gasteiger partial charge in [0.2, 0.25) is 11.8 Å². The van der Waals surface area contributed by atoms with Gasteiger partial charge >= 0.3 is 5.69 Å². The van der Waals surface area contributed by atoms with Gasteiger partial charge in [-0.25, -0.2) is 5.01 Å². The summed E-state index contributed by atoms with van der Waals surface area (Å²) in [5.41, 5.74) is 3.04. The van der Waals surface area contributed by atoms with Crippen LogP contribution in [0.1, 0.15) is 11.7 Å². The van der Waals surface area contributed by atoms with Crippen LogP contribution in [0.2, 0.25) is 0 Å². The Hall–Kier alpha value is -4.36. The number of hydrogen-bond acceptors (Lipinski definition) is 10. The van der Waals surface area contributed by atoms with Crippen LogP contribution in [0, 0.1) is 26.1 Å². The summed E-state index contributed by atoms with van der Waals surface area (Å²) in [6.07, 6.45) is 1.94. The van der Waals surface area contributed by atoms with E-state index in [-0.39, 0.29) is 5.69 Å². The summed E-state index contributed by atoms with van der Waals surface area (Å²) in [4.78, 5) is 49.8. The second-order valence-corrected chi connectivity index (χ2v) is 8.75. The number of nitro groups is 2. The summed E-state index contributed by atoms with van der Waals surface area (Å²) >= 11 is 0. The summed E-state index contributed by atoms with van der Waals surface area (Å²) in [5.74, 6) is -1.87. The molecule has 0 bridgehead atoms. The fourth-order valence-electron chi connectivity index (χ4n) is 4.40. The van der Waals surface area contributed by atoms with E-state index in [0.29, 0.717) is 5.56 Å². The average molecular weight is 496 g/mol. The number of fused-ring (bicyclic) bond motifs is 1. The molecule has 2 amide bonds. The van der Waals surface area contributed by atoms with Crippen molar-refractivity contribution in [2.24, 2.45) is 5.92 Å². The smallest absolute Gasteiger partial charge is 0.300 e. The van der Waals surface area contributed by atoms with E-state index < -0.39 is 57.1 Å². The Labute approximate surface area is 205 Å². The van der Waals surface area contributed by atoms with Crippen molar-refractivity contribution in [1.82, 2.24) is 9.91 Å². The zero-order chi connectivity index (χ0) is 26.3. The van der Waals surface area contributed by atoms with Gasteiger partial charge in [0, 0.05) is 32.9 Å². The molecule has 0 spiro atoms. The van der Waals surface area contributed by atoms with Gasteiger partial charge in [-0.2, -0.15) is 0 Å². The minimum Gasteiger partial charge on any atom is -0.386 e. The highest BCUT2D eigenvalue weighted by Gasteiger charge is 2.52. The lowest BCUT2D eigenvalue weighted by Gasteiger charge is -2.40. The largest absolute Gasteiger partial charge is 0.386 e. The predicted molar refractivity (Wildman–Crippen MR) is 129 cm³/mol. The quantitative estimate of drug-likeness (QED) is 0.250. The van der Waals surface area contributed by atoms with Crippen molar-refractivity contribution < 1.29 is 24.5 Å². The first-order valence-corrected chi connectivity index (χ1v) is 10.9. The topological polar surface area (TPSA) is 162 Å². The van der Waals surface area contributed by atoms with Crippen LogP contribution in [0.15, 0.2) is 54.6 Å². The standard InChI is InChI=1S/C23H24N6O7/c1-25(2)14-6-4-13(5-7-14)21(30)18-11-9-16-20(23(32)26(3)22(16)31)27(18)24-17-10-8-15(28(33)34)12-19(17)29(35)36/h4-12,16,18,20-21,24,30H,1-3H3. The van der Waals surface area contributed by atoms with E-state index in [2.05, 4.69) is 5.43 Å². The van der Waals surface area contributed by atoms with E-state index >= 15 is 0 Å². The molecule has 2 aliphatic rings. The van der Waals surface area contributed by atoms with E-state index in [0.717, 1.165) is 28.8 Å². The highest BCUT2D eigenvalue weighted by Crippen LogP contribution is 2.38. The van der Waals surface area contributed by atoms with Crippen LogP contribution in [-0.2, 0) is 9.59 Å². The zero-order valence-electron chi connectivity index (χ0n) is 19.6. The Balaban J connectivity index is 1.76. The highest BCUT2D eigenvalue weighted by atomic mass is 16.6. The number of carbonyl (C=O) groups is 2. The molecule has 4 rings (SSSR count). The van der Waals surface area contributed by atoms with Crippen molar-refractivity contribution >= 4 is 34.6 Å². The molecule has 2 aromatic rings. The van der Waals surface area contributed by atoms with Crippen LogP contribution in [0.25, 0.3) is 0 Å². The maximum Gasteiger partial charge on any atom is 0.300 e. The number of anilines is 2. The molecule has 0 aromatic heterocycles. The number of benzene rings is 2. The molecule has 188 valence electrons. The van der Waals surface area contributed by atoms with Crippen molar-refractivity contribution in [2.75, 3.05) is 31.5 Å². The maximum absolute atomic E-state index is 13.0. The first kappa shape index (κ1) is 24.8. The van der Waals surface area contributed by atoms with Crippen LogP contribution < -0.4 is 10.3 Å². The van der Waals surface area contributed by atoms with Gasteiger partial charge in [0.25, 0.3) is 5.69 Å². The van der Waals surface area contributed by atoms with Crippen molar-refractivity contribution in [2.45, 2.75) is 18.2 Å². The van der Waals surface area contributed by atoms with Crippen LogP contribution in [-0.4, -0.2) is 69.9 Å². The lowest BCUT2D eigenvalue weighted by molar-refractivity contribution is -0.393. The minimum atomic E-state index is -1.18. The normalized spacial score (nSPS) is 22.3. The number of nitro benzene ring substituents is 2. The molecular weight excluding hydrogens is 472 g/mol. The van der Waals surface area contributed by atoms with Gasteiger partial charge < -0.3 is 15.4 Å². The number of non-ortho nitro benzene ring substituents is 1. The minimum absolute atomic E-state index is 0.130. The van der Waals surface area contributed by atoms with Crippen LogP contribution in [0.4, 0.5) is 22.7 Å². The second kappa shape index (κ2) is 9.36. The first-order valence-electron chi connectivity index (χ1n) is 10.9. The fraction of sp³-hybridized carbons (Fsp3) is 0.304. The highest BCUT2D eigenvalue weighted by molar-refractivity contribution is 6.08. The van der Waals surface area contributed by atoms with Gasteiger partial charge in [-0.1, -0.05) is 24.3 Å². The first-order chi connectivity index (χ1) is 17.0. The third kappa shape index (κ3) is 4.25. The van der Waals surface area contributed by atoms with Crippen LogP contribution in [0.3, 0.4) is 0 Å². The van der Waals surface area contributed by atoms with Crippen molar-refractivity contribution in [3.8, 4) is 0 Å². The summed E-state index contributed by atoms with van der Waals surface area (Å²) in [5, 5.41) is 35.4. The molecule has 36 heavy (non-hydrogen) atoms. The molecule has 0 saturated carbocycles. The van der Waals surface area contributed by atoms with E-state index in [4.69, 9.17) is 0 Å². The summed E-state index contributed by atoms with van der Waals surface area (Å²) < 4.78 is 0. The molecule has 2 N–H and O–H groups in total. The van der Waals surface area contributed by atoms with Gasteiger partial charge in [-0.15, -0.1) is 0 Å². The Morgan fingerprint density at radius 2 is 1.67 bits per heavy atom. The van der Waals surface area contributed by atoms with E-state index in [1.807, 2.05) is 31.1 Å². The second-order valence-electron chi connectivity index (χ2n) is 8.75. The van der Waals surface area contributed by atoms with Gasteiger partial charge in [0.15, 0.2) is 0 Å². The number of hydrogen-bond donors (Lipinski definition) is 2. The number of aliphatic hydroxyl groups excluding tert-OH is 1. The number of imide groups is 1. The molecule has 0 radical (unpaired) electrons. The molecule has 13 nitrogen and oxygen atoms in total. The van der Waals surface area contributed by atoms with E-state index in [1.165, 1.54) is 12.1 Å². The summed E-state index contributed by atoms with van der Waals surface area (Å²) in [7, 11) is 5.09. The van der Waals surface area contributed by atoms with Crippen molar-refractivity contribution in [1.29, 1.82) is 0 Å². The van der Waals surface area contributed by atoms with Gasteiger partial charge in [-0.3, -0.25) is 34.7 Å². The molecular formula is C23H24N6O7. The van der Waals surface area contributed by atoms with Gasteiger partial charge in [0.1, 0.15) is 11.7 Å². The number of amides is 2. The number of nitrogens with zero attached hydrogens (tertiary/aromatic N) is 5. The Kier molecular flexibility index (Phi) is 6.43. The fourth-order valence-corrected chi connectivity index (χ4v) is 4.40. The maximum atomic E-state index is 13.0. The summed E-state index contributed by atoms with van der Waals surface area (Å²) in [6.45, 7) is 0. The number of rotatable bonds is 7. The average Bonchev–Trinajstić information content (AvgIpc) is 3.07. The molecule has 1 fully saturated rings. The molecule has 0 aliphatic carbocycles. The third-order valence-corrected chi connectivity index (χ3v) is 6.39. The number of nitrogens with one attached hydrogen (secondary N) is 1. The molecule has 2 aliphatic heterocycles. The van der Waals surface area contributed by atoms with Crippen LogP contribution in [0.5, 0.6) is 0 Å². The Morgan fingerprint density at radius 3 is 2.25 bits per heavy atom. The molecule has 2 aromatic carbocycles. The lowest BCUT2D eigenvalue weighted by Crippen LogP contribution is -2.55. The summed E-state index contributed by atoms with van der Waals surface area (Å²) in [6, 6.07) is 8.11. The van der Waals surface area contributed by atoms with Crippen molar-refractivity contribution in [3.63, 3.8) is 0 Å². The van der Waals surface area contributed by atoms with Gasteiger partial charge in [0.05, 0.1) is 34.0 Å². The molecule has 1 saturated heterocycles. The number of likely N-dealkylation sites (N-methyl/N-ethyl adjacent to an activating group) is 1. The molecule has 2 heterocycles. The monoisotopic (exact) mass is 496 g/mol. The molecule has 4 atom stereocenters. The lowest BCUT2D eigenvalue weighted by atomic mass is 9.90. The predicted octanol–water partition coefficient (Wildman–Crippen LogP) is 1.85. The zero-order valence-corrected chi connectivity index (χ0v) is 19.6. The number of aliphatic hydroxyl groups is 1. The SMILES string of the molecule is CN1C(=O)C2C=CC(C(O)c3ccc(N(C)C)cc3)N(Nc3ccc([N+](=O)[O-])cc3[N+](=O)[O-])C2C1=O. The molecule has 4 unspecified atom stereocenters. The molecule has 13 heteroatoms. The number of carbonyl (C=O) groups excluding carboxylic acids is 2. The number of likely N-dealkylation sites (tertiary alicyclic amines) is 1. The van der Waals surface area contributed by atoms with Crippen LogP contribution >= 0.6 is 0 Å².